The van der Waals surface area contributed by atoms with Crippen LogP contribution in [0.15, 0.2) is 48.5 Å². The van der Waals surface area contributed by atoms with E-state index < -0.39 is 40.4 Å². The molecule has 0 aliphatic heterocycles. The van der Waals surface area contributed by atoms with Crippen molar-refractivity contribution in [2.75, 3.05) is 6.54 Å². The van der Waals surface area contributed by atoms with E-state index in [-0.39, 0.29) is 12.5 Å². The standard InChI is InChI=1S/C26H28F6N2/c1-18(2)34(16-19-8-4-3-5-9-19)15-7-14-24(17-33,20-12-13-20)23-21(25(27,28)29)10-6-11-22(23)26(30,31)32/h3-6,8-11,18,20H,7,12-16H2,1-2H3. The fraction of sp³-hybridized carbons (Fsp3) is 0.500. The van der Waals surface area contributed by atoms with Crippen molar-refractivity contribution in [3.8, 4) is 6.07 Å². The lowest BCUT2D eigenvalue weighted by molar-refractivity contribution is -0.145. The van der Waals surface area contributed by atoms with E-state index in [9.17, 15) is 31.6 Å². The molecule has 0 radical (unpaired) electrons. The Morgan fingerprint density at radius 2 is 1.47 bits per heavy atom. The van der Waals surface area contributed by atoms with Gasteiger partial charge in [0.25, 0.3) is 0 Å². The minimum atomic E-state index is -5.00. The number of hydrogen-bond acceptors (Lipinski definition) is 2. The van der Waals surface area contributed by atoms with E-state index in [2.05, 4.69) is 4.90 Å². The summed E-state index contributed by atoms with van der Waals surface area (Å²) in [7, 11) is 0. The first-order valence-electron chi connectivity index (χ1n) is 11.4. The molecule has 0 heterocycles. The van der Waals surface area contributed by atoms with Crippen LogP contribution in [0, 0.1) is 17.2 Å². The largest absolute Gasteiger partial charge is 0.416 e. The number of nitriles is 1. The van der Waals surface area contributed by atoms with Gasteiger partial charge in [-0.15, -0.1) is 0 Å². The minimum absolute atomic E-state index is 0.0671. The summed E-state index contributed by atoms with van der Waals surface area (Å²) in [6.45, 7) is 5.04. The predicted molar refractivity (Wildman–Crippen MR) is 118 cm³/mol. The third kappa shape index (κ3) is 5.75. The molecule has 0 bridgehead atoms. The fourth-order valence-corrected chi connectivity index (χ4v) is 4.72. The van der Waals surface area contributed by atoms with Crippen molar-refractivity contribution in [1.82, 2.24) is 4.90 Å². The SMILES string of the molecule is CC(C)N(CCCC(C#N)(c1c(C(F)(F)F)cccc1C(F)(F)F)C1CC1)Cc1ccccc1. The number of hydrogen-bond donors (Lipinski definition) is 0. The summed E-state index contributed by atoms with van der Waals surface area (Å²) in [6, 6.07) is 13.8. The summed E-state index contributed by atoms with van der Waals surface area (Å²) in [4.78, 5) is 2.12. The molecule has 1 fully saturated rings. The van der Waals surface area contributed by atoms with Gasteiger partial charge in [-0.1, -0.05) is 36.4 Å². The molecule has 0 spiro atoms. The summed E-state index contributed by atoms with van der Waals surface area (Å²) in [5.41, 5.74) is -4.40. The molecule has 1 unspecified atom stereocenters. The van der Waals surface area contributed by atoms with Crippen LogP contribution in [0.25, 0.3) is 0 Å². The van der Waals surface area contributed by atoms with Gasteiger partial charge in [-0.25, -0.2) is 0 Å². The Kier molecular flexibility index (Phi) is 7.66. The number of nitrogens with zero attached hydrogens (tertiary/aromatic N) is 2. The summed E-state index contributed by atoms with van der Waals surface area (Å²) in [5.74, 6) is -0.524. The first kappa shape index (κ1) is 26.1. The van der Waals surface area contributed by atoms with Gasteiger partial charge in [-0.05, 0) is 75.3 Å². The van der Waals surface area contributed by atoms with E-state index in [4.69, 9.17) is 0 Å². The lowest BCUT2D eigenvalue weighted by atomic mass is 9.70. The predicted octanol–water partition coefficient (Wildman–Crippen LogP) is 7.59. The Labute approximate surface area is 196 Å². The highest BCUT2D eigenvalue weighted by atomic mass is 19.4. The second-order valence-electron chi connectivity index (χ2n) is 9.23. The lowest BCUT2D eigenvalue weighted by Crippen LogP contribution is -2.36. The van der Waals surface area contributed by atoms with Crippen LogP contribution < -0.4 is 0 Å². The van der Waals surface area contributed by atoms with Crippen molar-refractivity contribution in [2.24, 2.45) is 5.92 Å². The van der Waals surface area contributed by atoms with Crippen LogP contribution in [0.5, 0.6) is 0 Å². The Bertz CT molecular complexity index is 970. The smallest absolute Gasteiger partial charge is 0.297 e. The number of alkyl halides is 6. The molecule has 2 nitrogen and oxygen atoms in total. The average molecular weight is 483 g/mol. The van der Waals surface area contributed by atoms with Crippen LogP contribution in [0.3, 0.4) is 0 Å². The highest BCUT2D eigenvalue weighted by Gasteiger charge is 2.54. The lowest BCUT2D eigenvalue weighted by Gasteiger charge is -2.34. The zero-order valence-corrected chi connectivity index (χ0v) is 19.2. The van der Waals surface area contributed by atoms with Crippen molar-refractivity contribution in [1.29, 1.82) is 5.26 Å². The molecule has 3 rings (SSSR count). The van der Waals surface area contributed by atoms with Crippen LogP contribution in [0.2, 0.25) is 0 Å². The molecular weight excluding hydrogens is 454 g/mol. The molecule has 1 saturated carbocycles. The van der Waals surface area contributed by atoms with Crippen LogP contribution in [0.1, 0.15) is 61.8 Å². The minimum Gasteiger partial charge on any atom is -0.297 e. The van der Waals surface area contributed by atoms with E-state index >= 15 is 0 Å². The zero-order chi connectivity index (χ0) is 25.1. The van der Waals surface area contributed by atoms with E-state index in [1.807, 2.05) is 50.2 Å². The second kappa shape index (κ2) is 9.99. The molecule has 2 aromatic rings. The van der Waals surface area contributed by atoms with Crippen molar-refractivity contribution in [3.63, 3.8) is 0 Å². The van der Waals surface area contributed by atoms with Gasteiger partial charge in [0.05, 0.1) is 22.6 Å². The molecule has 1 aliphatic rings. The van der Waals surface area contributed by atoms with E-state index in [1.54, 1.807) is 0 Å². The zero-order valence-electron chi connectivity index (χ0n) is 19.2. The first-order valence-corrected chi connectivity index (χ1v) is 11.4. The third-order valence-corrected chi connectivity index (χ3v) is 6.57. The molecule has 0 amide bonds. The normalized spacial score (nSPS) is 16.5. The van der Waals surface area contributed by atoms with Gasteiger partial charge in [0.1, 0.15) is 0 Å². The highest BCUT2D eigenvalue weighted by Crippen LogP contribution is 2.55. The third-order valence-electron chi connectivity index (χ3n) is 6.57. The Morgan fingerprint density at radius 3 is 1.91 bits per heavy atom. The van der Waals surface area contributed by atoms with Crippen molar-refractivity contribution < 1.29 is 26.3 Å². The monoisotopic (exact) mass is 482 g/mol. The van der Waals surface area contributed by atoms with Crippen molar-refractivity contribution >= 4 is 0 Å². The van der Waals surface area contributed by atoms with Crippen LogP contribution >= 0.6 is 0 Å². The number of halogens is 6. The van der Waals surface area contributed by atoms with Gasteiger partial charge in [0.2, 0.25) is 0 Å². The molecule has 0 saturated heterocycles. The van der Waals surface area contributed by atoms with Crippen LogP contribution in [-0.4, -0.2) is 17.5 Å². The molecule has 34 heavy (non-hydrogen) atoms. The van der Waals surface area contributed by atoms with Gasteiger partial charge in [0, 0.05) is 12.6 Å². The van der Waals surface area contributed by atoms with E-state index in [0.717, 1.165) is 11.6 Å². The molecular formula is C26H28F6N2. The summed E-state index contributed by atoms with van der Waals surface area (Å²) in [6.07, 6.45) is -8.87. The molecule has 0 N–H and O–H groups in total. The summed E-state index contributed by atoms with van der Waals surface area (Å²) < 4.78 is 83.3. The second-order valence-corrected chi connectivity index (χ2v) is 9.23. The Morgan fingerprint density at radius 1 is 0.912 bits per heavy atom. The van der Waals surface area contributed by atoms with Crippen LogP contribution in [0.4, 0.5) is 26.3 Å². The molecule has 2 aromatic carbocycles. The summed E-state index contributed by atoms with van der Waals surface area (Å²) in [5, 5.41) is 10.1. The maximum absolute atomic E-state index is 13.9. The molecule has 0 aromatic heterocycles. The van der Waals surface area contributed by atoms with Gasteiger partial charge in [-0.3, -0.25) is 4.90 Å². The average Bonchev–Trinajstić information content (AvgIpc) is 3.61. The molecule has 8 heteroatoms. The van der Waals surface area contributed by atoms with Gasteiger partial charge in [-0.2, -0.15) is 31.6 Å². The van der Waals surface area contributed by atoms with Crippen molar-refractivity contribution in [3.05, 3.63) is 70.8 Å². The molecule has 1 aliphatic carbocycles. The number of rotatable bonds is 9. The van der Waals surface area contributed by atoms with E-state index in [1.165, 1.54) is 0 Å². The Balaban J connectivity index is 1.96. The molecule has 184 valence electrons. The van der Waals surface area contributed by atoms with Crippen molar-refractivity contribution in [2.45, 2.75) is 69.9 Å². The van der Waals surface area contributed by atoms with Gasteiger partial charge >= 0.3 is 12.4 Å². The maximum atomic E-state index is 13.9. The van der Waals surface area contributed by atoms with E-state index in [0.29, 0.717) is 44.5 Å². The summed E-state index contributed by atoms with van der Waals surface area (Å²) >= 11 is 0. The topological polar surface area (TPSA) is 27.0 Å². The number of benzene rings is 2. The van der Waals surface area contributed by atoms with Crippen LogP contribution in [-0.2, 0) is 24.3 Å². The van der Waals surface area contributed by atoms with Gasteiger partial charge < -0.3 is 0 Å². The maximum Gasteiger partial charge on any atom is 0.416 e. The Hall–Kier alpha value is -2.53. The first-order chi connectivity index (χ1) is 15.9. The quantitative estimate of drug-likeness (QED) is 0.344. The van der Waals surface area contributed by atoms with Gasteiger partial charge in [0.15, 0.2) is 0 Å². The fourth-order valence-electron chi connectivity index (χ4n) is 4.72. The molecule has 1 atom stereocenters. The highest BCUT2D eigenvalue weighted by molar-refractivity contribution is 5.49.